The van der Waals surface area contributed by atoms with E-state index in [1.807, 2.05) is 29.2 Å². The maximum atomic E-state index is 16.9. The molecule has 4 atom stereocenters. The highest BCUT2D eigenvalue weighted by Gasteiger charge is 2.43. The Kier molecular flexibility index (Phi) is 9.37. The molecular weight excluding hydrogens is 586 g/mol. The van der Waals surface area contributed by atoms with Gasteiger partial charge in [0.1, 0.15) is 18.5 Å². The number of rotatable bonds is 7. The molecule has 2 fully saturated rings. The van der Waals surface area contributed by atoms with Crippen molar-refractivity contribution in [2.24, 2.45) is 10.9 Å². The molecule has 0 bridgehead atoms. The van der Waals surface area contributed by atoms with Gasteiger partial charge in [0.15, 0.2) is 5.83 Å². The van der Waals surface area contributed by atoms with Crippen LogP contribution < -0.4 is 0 Å². The summed E-state index contributed by atoms with van der Waals surface area (Å²) in [7, 11) is 2.06. The number of nitriles is 2. The summed E-state index contributed by atoms with van der Waals surface area (Å²) in [5.74, 6) is -2.49. The lowest BCUT2D eigenvalue weighted by Gasteiger charge is -2.46. The van der Waals surface area contributed by atoms with Gasteiger partial charge in [0.25, 0.3) is 5.91 Å². The largest absolute Gasteiger partial charge is 0.476 e. The first-order valence-corrected chi connectivity index (χ1v) is 16.3. The molecule has 5 aliphatic rings. The molecule has 8 nitrogen and oxygen atoms in total. The number of halogens is 2. The molecule has 240 valence electrons. The van der Waals surface area contributed by atoms with Crippen LogP contribution in [0.25, 0.3) is 5.57 Å². The molecule has 1 aromatic carbocycles. The van der Waals surface area contributed by atoms with E-state index in [1.54, 1.807) is 0 Å². The SMILES string of the molecule is C=C(F)C(=O)N1CCN(C2=C(CC#N)C(OC[C@@H]3CCCN3C)=NC3C(F)=C(c4cccc5c4CCCC5)C=CC23)C[C@@H]1CC#N. The Hall–Kier alpha value is -4.28. The molecule has 1 aromatic rings. The van der Waals surface area contributed by atoms with E-state index in [4.69, 9.17) is 9.73 Å². The standard InChI is InChI=1S/C36H40F2N6O2/c1-23(37)36(45)44-20-19-43(21-25(44)14-16-39)34-30-13-12-29(28-11-5-8-24-7-3-4-10-27(24)28)32(38)33(30)41-35(31(34)15-17-40)46-22-26-9-6-18-42(26)2/h5,8,11-13,25-26,30,33H,1,3-4,6-7,9-10,14-15,18-22H2,2H3/t25-,26-,30?,33?/m0/s1. The number of carbonyl (C=O) groups excluding carboxylic acids is 1. The number of fused-ring (bicyclic) bond motifs is 2. The fraction of sp³-hybridized carbons (Fsp3) is 0.500. The lowest BCUT2D eigenvalue weighted by atomic mass is 9.79. The van der Waals surface area contributed by atoms with E-state index in [1.165, 1.54) is 16.0 Å². The number of dihydropyridines is 1. The van der Waals surface area contributed by atoms with Crippen LogP contribution in [-0.2, 0) is 22.4 Å². The van der Waals surface area contributed by atoms with Crippen molar-refractivity contribution >= 4 is 17.4 Å². The Balaban J connectivity index is 1.41. The highest BCUT2D eigenvalue weighted by molar-refractivity contribution is 5.97. The average molecular weight is 627 g/mol. The van der Waals surface area contributed by atoms with Gasteiger partial charge in [-0.1, -0.05) is 36.9 Å². The van der Waals surface area contributed by atoms with Crippen LogP contribution in [0.2, 0.25) is 0 Å². The maximum Gasteiger partial charge on any atom is 0.282 e. The van der Waals surface area contributed by atoms with Crippen molar-refractivity contribution in [3.63, 3.8) is 0 Å². The Morgan fingerprint density at radius 2 is 1.96 bits per heavy atom. The first-order chi connectivity index (χ1) is 22.3. The smallest absolute Gasteiger partial charge is 0.282 e. The third-order valence-corrected chi connectivity index (χ3v) is 10.1. The number of ether oxygens (including phenoxy) is 1. The Morgan fingerprint density at radius 3 is 2.70 bits per heavy atom. The molecule has 10 heteroatoms. The summed E-state index contributed by atoms with van der Waals surface area (Å²) in [6.07, 6.45) is 9.94. The number of piperazine rings is 1. The van der Waals surface area contributed by atoms with Crippen LogP contribution in [0.3, 0.4) is 0 Å². The Morgan fingerprint density at radius 1 is 1.13 bits per heavy atom. The van der Waals surface area contributed by atoms with Crippen molar-refractivity contribution in [1.82, 2.24) is 14.7 Å². The highest BCUT2D eigenvalue weighted by Crippen LogP contribution is 2.44. The van der Waals surface area contributed by atoms with Crippen LogP contribution >= 0.6 is 0 Å². The number of hydrogen-bond acceptors (Lipinski definition) is 7. The lowest BCUT2D eigenvalue weighted by molar-refractivity contribution is -0.133. The van der Waals surface area contributed by atoms with Gasteiger partial charge in [0, 0.05) is 48.4 Å². The van der Waals surface area contributed by atoms with E-state index >= 15 is 4.39 Å². The van der Waals surface area contributed by atoms with Crippen molar-refractivity contribution in [2.45, 2.75) is 69.5 Å². The zero-order valence-electron chi connectivity index (χ0n) is 26.4. The number of allylic oxidation sites excluding steroid dienone is 2. The molecule has 2 unspecified atom stereocenters. The number of aliphatic imine (C=N–C) groups is 1. The molecule has 2 aliphatic carbocycles. The molecule has 2 saturated heterocycles. The predicted octanol–water partition coefficient (Wildman–Crippen LogP) is 5.40. The van der Waals surface area contributed by atoms with E-state index in [0.29, 0.717) is 30.0 Å². The summed E-state index contributed by atoms with van der Waals surface area (Å²) in [5, 5.41) is 19.6. The van der Waals surface area contributed by atoms with Crippen LogP contribution in [0.4, 0.5) is 8.78 Å². The summed E-state index contributed by atoms with van der Waals surface area (Å²) in [6.45, 7) is 5.19. The molecule has 3 aliphatic heterocycles. The van der Waals surface area contributed by atoms with Gasteiger partial charge in [0.05, 0.1) is 31.0 Å². The zero-order valence-corrected chi connectivity index (χ0v) is 26.4. The molecule has 46 heavy (non-hydrogen) atoms. The normalized spacial score (nSPS) is 26.2. The molecule has 3 heterocycles. The number of carbonyl (C=O) groups is 1. The van der Waals surface area contributed by atoms with E-state index in [2.05, 4.69) is 36.7 Å². The second-order valence-corrected chi connectivity index (χ2v) is 12.8. The summed E-state index contributed by atoms with van der Waals surface area (Å²) in [5.41, 5.74) is 5.19. The first-order valence-electron chi connectivity index (χ1n) is 16.3. The molecule has 6 rings (SSSR count). The van der Waals surface area contributed by atoms with Gasteiger partial charge in [-0.05, 0) is 68.8 Å². The fourth-order valence-electron chi connectivity index (χ4n) is 7.76. The van der Waals surface area contributed by atoms with E-state index < -0.39 is 29.7 Å². The summed E-state index contributed by atoms with van der Waals surface area (Å²) in [6, 6.07) is 9.18. The van der Waals surface area contributed by atoms with Gasteiger partial charge < -0.3 is 19.4 Å². The Bertz CT molecular complexity index is 1610. The van der Waals surface area contributed by atoms with Crippen LogP contribution in [0.15, 0.2) is 64.8 Å². The quantitative estimate of drug-likeness (QED) is 0.376. The molecular formula is C36H40F2N6O2. The first kappa shape index (κ1) is 31.7. The van der Waals surface area contributed by atoms with Crippen molar-refractivity contribution in [1.29, 1.82) is 10.5 Å². The summed E-state index contributed by atoms with van der Waals surface area (Å²) >= 11 is 0. The monoisotopic (exact) mass is 626 g/mol. The fourth-order valence-corrected chi connectivity index (χ4v) is 7.76. The van der Waals surface area contributed by atoms with Crippen molar-refractivity contribution in [3.05, 3.63) is 76.5 Å². The lowest BCUT2D eigenvalue weighted by Crippen LogP contribution is -2.56. The third kappa shape index (κ3) is 5.99. The molecule has 0 N–H and O–H groups in total. The number of benzene rings is 1. The molecule has 0 radical (unpaired) electrons. The second kappa shape index (κ2) is 13.6. The van der Waals surface area contributed by atoms with Gasteiger partial charge in [-0.15, -0.1) is 0 Å². The van der Waals surface area contributed by atoms with Crippen LogP contribution in [0.5, 0.6) is 0 Å². The van der Waals surface area contributed by atoms with Gasteiger partial charge in [-0.3, -0.25) is 4.79 Å². The molecule has 1 amide bonds. The van der Waals surface area contributed by atoms with E-state index in [0.717, 1.165) is 50.6 Å². The zero-order chi connectivity index (χ0) is 32.4. The minimum Gasteiger partial charge on any atom is -0.476 e. The minimum absolute atomic E-state index is 0.000532. The molecule has 0 aromatic heterocycles. The number of likely N-dealkylation sites (tertiary alicyclic amines) is 1. The van der Waals surface area contributed by atoms with Gasteiger partial charge in [0.2, 0.25) is 5.90 Å². The van der Waals surface area contributed by atoms with E-state index in [-0.39, 0.29) is 43.7 Å². The predicted molar refractivity (Wildman–Crippen MR) is 171 cm³/mol. The number of likely N-dealkylation sites (N-methyl/N-ethyl adjacent to an activating group) is 1. The number of nitrogens with zero attached hydrogens (tertiary/aromatic N) is 6. The van der Waals surface area contributed by atoms with Gasteiger partial charge in [-0.2, -0.15) is 10.5 Å². The summed E-state index contributed by atoms with van der Waals surface area (Å²) in [4.78, 5) is 23.1. The van der Waals surface area contributed by atoms with Crippen LogP contribution in [-0.4, -0.2) is 84.5 Å². The Labute approximate surface area is 269 Å². The average Bonchev–Trinajstić information content (AvgIpc) is 3.48. The topological polar surface area (TPSA) is 96.0 Å². The second-order valence-electron chi connectivity index (χ2n) is 12.8. The maximum absolute atomic E-state index is 16.9. The minimum atomic E-state index is -1.07. The van der Waals surface area contributed by atoms with Crippen molar-refractivity contribution in [2.75, 3.05) is 39.8 Å². The molecule has 0 spiro atoms. The highest BCUT2D eigenvalue weighted by atomic mass is 19.1. The number of aryl methyl sites for hydroxylation is 1. The van der Waals surface area contributed by atoms with Gasteiger partial charge in [-0.25, -0.2) is 13.8 Å². The number of amides is 1. The third-order valence-electron chi connectivity index (χ3n) is 10.1. The van der Waals surface area contributed by atoms with Crippen molar-refractivity contribution < 1.29 is 18.3 Å². The van der Waals surface area contributed by atoms with Gasteiger partial charge >= 0.3 is 0 Å². The summed E-state index contributed by atoms with van der Waals surface area (Å²) < 4.78 is 37.3. The van der Waals surface area contributed by atoms with Crippen LogP contribution in [0, 0.1) is 28.6 Å². The van der Waals surface area contributed by atoms with Crippen molar-refractivity contribution in [3.8, 4) is 12.1 Å². The van der Waals surface area contributed by atoms with E-state index in [9.17, 15) is 19.7 Å². The van der Waals surface area contributed by atoms with Crippen LogP contribution in [0.1, 0.15) is 55.2 Å². The number of hydrogen-bond donors (Lipinski definition) is 0. The molecule has 0 saturated carbocycles.